The van der Waals surface area contributed by atoms with Crippen molar-refractivity contribution in [1.29, 1.82) is 0 Å². The number of rotatable bonds is 3. The second-order valence-corrected chi connectivity index (χ2v) is 3.94. The molecule has 3 nitrogen and oxygen atoms in total. The molecule has 0 amide bonds. The zero-order valence-electron chi connectivity index (χ0n) is 9.90. The first-order valence-electron chi connectivity index (χ1n) is 5.87. The fourth-order valence-corrected chi connectivity index (χ4v) is 1.60. The third-order valence-electron chi connectivity index (χ3n) is 2.61. The van der Waals surface area contributed by atoms with Gasteiger partial charge in [0.15, 0.2) is 11.5 Å². The molecule has 0 aromatic heterocycles. The molecule has 1 aliphatic heterocycles. The monoisotopic (exact) mass is 232 g/mol. The van der Waals surface area contributed by atoms with E-state index in [2.05, 4.69) is 18.8 Å². The maximum Gasteiger partial charge on any atom is 0.231 e. The summed E-state index contributed by atoms with van der Waals surface area (Å²) in [5.41, 5.74) is 0.748. The van der Waals surface area contributed by atoms with E-state index in [4.69, 9.17) is 9.47 Å². The van der Waals surface area contributed by atoms with Gasteiger partial charge < -0.3 is 14.6 Å². The van der Waals surface area contributed by atoms with Crippen molar-refractivity contribution in [3.8, 4) is 23.3 Å². The second-order valence-electron chi connectivity index (χ2n) is 3.94. The summed E-state index contributed by atoms with van der Waals surface area (Å²) in [5.74, 6) is 7.21. The van der Waals surface area contributed by atoms with Gasteiger partial charge in [-0.3, -0.25) is 0 Å². The topological polar surface area (TPSA) is 38.7 Å². The van der Waals surface area contributed by atoms with Crippen molar-refractivity contribution < 1.29 is 14.6 Å². The summed E-state index contributed by atoms with van der Waals surface area (Å²) < 4.78 is 10.5. The predicted molar refractivity (Wildman–Crippen MR) is 64.8 cm³/mol. The molecule has 1 aliphatic rings. The van der Waals surface area contributed by atoms with Gasteiger partial charge in [-0.25, -0.2) is 0 Å². The third kappa shape index (κ3) is 2.92. The van der Waals surface area contributed by atoms with Gasteiger partial charge in [0.05, 0.1) is 0 Å². The molecule has 1 atom stereocenters. The first-order valence-corrected chi connectivity index (χ1v) is 5.87. The Kier molecular flexibility index (Phi) is 3.89. The molecule has 90 valence electrons. The first-order chi connectivity index (χ1) is 8.31. The fourth-order valence-electron chi connectivity index (χ4n) is 1.60. The molecule has 1 aromatic rings. The first kappa shape index (κ1) is 11.8. The number of aliphatic hydroxyl groups excluding tert-OH is 1. The lowest BCUT2D eigenvalue weighted by Gasteiger charge is -2.04. The van der Waals surface area contributed by atoms with Gasteiger partial charge in [-0.05, 0) is 24.1 Å². The minimum absolute atomic E-state index is 0.247. The van der Waals surface area contributed by atoms with Crippen LogP contribution in [0, 0.1) is 11.8 Å². The van der Waals surface area contributed by atoms with E-state index in [0.717, 1.165) is 30.6 Å². The average Bonchev–Trinajstić information content (AvgIpc) is 2.81. The maximum atomic E-state index is 9.88. The normalized spacial score (nSPS) is 14.0. The Bertz CT molecular complexity index is 443. The minimum atomic E-state index is -0.749. The van der Waals surface area contributed by atoms with Gasteiger partial charge in [0.2, 0.25) is 6.79 Å². The Morgan fingerprint density at radius 2 is 2.18 bits per heavy atom. The number of aliphatic hydroxyl groups is 1. The zero-order chi connectivity index (χ0) is 12.1. The molecule has 0 radical (unpaired) electrons. The van der Waals surface area contributed by atoms with Crippen molar-refractivity contribution in [2.75, 3.05) is 6.79 Å². The molecule has 1 aromatic carbocycles. The van der Waals surface area contributed by atoms with Crippen molar-refractivity contribution in [2.45, 2.75) is 32.3 Å². The number of unbranched alkanes of at least 4 members (excludes halogenated alkanes) is 2. The van der Waals surface area contributed by atoms with Gasteiger partial charge >= 0.3 is 0 Å². The summed E-state index contributed by atoms with van der Waals surface area (Å²) in [7, 11) is 0. The molecule has 0 spiro atoms. The van der Waals surface area contributed by atoms with Crippen molar-refractivity contribution in [3.05, 3.63) is 23.8 Å². The lowest BCUT2D eigenvalue weighted by molar-refractivity contribution is 0.173. The summed E-state index contributed by atoms with van der Waals surface area (Å²) in [6.45, 7) is 2.37. The van der Waals surface area contributed by atoms with Crippen LogP contribution in [0.5, 0.6) is 11.5 Å². The number of hydrogen-bond donors (Lipinski definition) is 1. The molecule has 0 saturated heterocycles. The quantitative estimate of drug-likeness (QED) is 0.643. The van der Waals surface area contributed by atoms with Crippen LogP contribution in [0.2, 0.25) is 0 Å². The van der Waals surface area contributed by atoms with Gasteiger partial charge in [-0.15, -0.1) is 5.92 Å². The van der Waals surface area contributed by atoms with Crippen LogP contribution in [0.1, 0.15) is 37.9 Å². The van der Waals surface area contributed by atoms with Crippen LogP contribution < -0.4 is 9.47 Å². The van der Waals surface area contributed by atoms with Crippen LogP contribution in [0.4, 0.5) is 0 Å². The summed E-state index contributed by atoms with van der Waals surface area (Å²) in [4.78, 5) is 0. The van der Waals surface area contributed by atoms with E-state index in [0.29, 0.717) is 5.75 Å². The zero-order valence-corrected chi connectivity index (χ0v) is 9.90. The van der Waals surface area contributed by atoms with Crippen LogP contribution in [-0.4, -0.2) is 11.9 Å². The Balaban J connectivity index is 2.03. The average molecular weight is 232 g/mol. The van der Waals surface area contributed by atoms with Crippen LogP contribution in [0.25, 0.3) is 0 Å². The highest BCUT2D eigenvalue weighted by Crippen LogP contribution is 2.33. The standard InChI is InChI=1S/C14H16O3/c1-2-3-4-5-6-12(15)11-7-8-13-14(9-11)17-10-16-13/h7-9,12,15H,2-4,10H2,1H3. The Hall–Kier alpha value is -1.66. The van der Waals surface area contributed by atoms with Crippen molar-refractivity contribution in [3.63, 3.8) is 0 Å². The van der Waals surface area contributed by atoms with Crippen molar-refractivity contribution in [1.82, 2.24) is 0 Å². The van der Waals surface area contributed by atoms with E-state index in [1.807, 2.05) is 6.07 Å². The summed E-state index contributed by atoms with van der Waals surface area (Å²) in [6, 6.07) is 5.39. The van der Waals surface area contributed by atoms with Gasteiger partial charge in [0.1, 0.15) is 6.10 Å². The number of benzene rings is 1. The lowest BCUT2D eigenvalue weighted by atomic mass is 10.1. The van der Waals surface area contributed by atoms with Crippen molar-refractivity contribution in [2.24, 2.45) is 0 Å². The van der Waals surface area contributed by atoms with Crippen LogP contribution in [0.15, 0.2) is 18.2 Å². The SMILES string of the molecule is CCCCC#CC(O)c1ccc2c(c1)OCO2. The van der Waals surface area contributed by atoms with Gasteiger partial charge in [-0.1, -0.05) is 25.3 Å². The second kappa shape index (κ2) is 5.60. The molecular weight excluding hydrogens is 216 g/mol. The minimum Gasteiger partial charge on any atom is -0.454 e. The molecule has 0 aliphatic carbocycles. The van der Waals surface area contributed by atoms with Gasteiger partial charge in [0.25, 0.3) is 0 Å². The number of hydrogen-bond acceptors (Lipinski definition) is 3. The molecule has 0 fully saturated rings. The maximum absolute atomic E-state index is 9.88. The van der Waals surface area contributed by atoms with Crippen LogP contribution >= 0.6 is 0 Å². The van der Waals surface area contributed by atoms with E-state index >= 15 is 0 Å². The highest BCUT2D eigenvalue weighted by molar-refractivity contribution is 5.46. The smallest absolute Gasteiger partial charge is 0.231 e. The molecule has 1 N–H and O–H groups in total. The lowest BCUT2D eigenvalue weighted by Crippen LogP contribution is -1.94. The summed E-state index contributed by atoms with van der Waals surface area (Å²) in [6.07, 6.45) is 2.27. The molecule has 0 saturated carbocycles. The highest BCUT2D eigenvalue weighted by atomic mass is 16.7. The van der Waals surface area contributed by atoms with Crippen molar-refractivity contribution >= 4 is 0 Å². The Morgan fingerprint density at radius 1 is 1.35 bits per heavy atom. The molecule has 17 heavy (non-hydrogen) atoms. The predicted octanol–water partition coefficient (Wildman–Crippen LogP) is 2.64. The van der Waals surface area contributed by atoms with E-state index in [-0.39, 0.29) is 6.79 Å². The molecule has 1 heterocycles. The Morgan fingerprint density at radius 3 is 3.00 bits per heavy atom. The molecule has 0 bridgehead atoms. The van der Waals surface area contributed by atoms with Crippen LogP contribution in [0.3, 0.4) is 0 Å². The summed E-state index contributed by atoms with van der Waals surface area (Å²) in [5, 5.41) is 9.88. The molecular formula is C14H16O3. The largest absolute Gasteiger partial charge is 0.454 e. The van der Waals surface area contributed by atoms with Gasteiger partial charge in [0, 0.05) is 6.42 Å². The van der Waals surface area contributed by atoms with E-state index in [1.165, 1.54) is 0 Å². The third-order valence-corrected chi connectivity index (χ3v) is 2.61. The van der Waals surface area contributed by atoms with E-state index < -0.39 is 6.10 Å². The van der Waals surface area contributed by atoms with E-state index in [9.17, 15) is 5.11 Å². The summed E-state index contributed by atoms with van der Waals surface area (Å²) >= 11 is 0. The fraction of sp³-hybridized carbons (Fsp3) is 0.429. The number of fused-ring (bicyclic) bond motifs is 1. The molecule has 3 heteroatoms. The Labute approximate surface area is 101 Å². The molecule has 1 unspecified atom stereocenters. The highest BCUT2D eigenvalue weighted by Gasteiger charge is 2.15. The van der Waals surface area contributed by atoms with Crippen LogP contribution in [-0.2, 0) is 0 Å². The van der Waals surface area contributed by atoms with E-state index in [1.54, 1.807) is 12.1 Å². The van der Waals surface area contributed by atoms with Gasteiger partial charge in [-0.2, -0.15) is 0 Å². The number of ether oxygens (including phenoxy) is 2. The molecule has 2 rings (SSSR count).